The van der Waals surface area contributed by atoms with Crippen molar-refractivity contribution < 1.29 is 16.8 Å². The van der Waals surface area contributed by atoms with Gasteiger partial charge < -0.3 is 0 Å². The minimum atomic E-state index is -3.66. The topological polar surface area (TPSA) is 68.3 Å². The molecule has 1 heterocycles. The van der Waals surface area contributed by atoms with Gasteiger partial charge in [0.1, 0.15) is 0 Å². The zero-order valence-corrected chi connectivity index (χ0v) is 10.4. The van der Waals surface area contributed by atoms with Gasteiger partial charge in [0.2, 0.25) is 0 Å². The van der Waals surface area contributed by atoms with Gasteiger partial charge in [-0.25, -0.2) is 16.8 Å². The zero-order valence-electron chi connectivity index (χ0n) is 8.03. The largest absolute Gasteiger partial charge is 0.227 e. The summed E-state index contributed by atoms with van der Waals surface area (Å²) in [6.07, 6.45) is 0.0745. The molecular formula is C7H13ClO4S2. The van der Waals surface area contributed by atoms with E-state index < -0.39 is 29.0 Å². The van der Waals surface area contributed by atoms with Crippen molar-refractivity contribution in [2.45, 2.75) is 29.6 Å². The van der Waals surface area contributed by atoms with E-state index in [2.05, 4.69) is 0 Å². The molecule has 1 saturated heterocycles. The highest BCUT2D eigenvalue weighted by Gasteiger charge is 2.59. The number of halogens is 1. The molecule has 4 nitrogen and oxygen atoms in total. The lowest BCUT2D eigenvalue weighted by Crippen LogP contribution is -2.38. The molecule has 0 bridgehead atoms. The fourth-order valence-electron chi connectivity index (χ4n) is 1.59. The summed E-state index contributed by atoms with van der Waals surface area (Å²) in [5.74, 6) is -0.500. The Labute approximate surface area is 89.5 Å². The van der Waals surface area contributed by atoms with E-state index in [1.54, 1.807) is 6.92 Å². The molecule has 0 radical (unpaired) electrons. The second-order valence-electron chi connectivity index (χ2n) is 3.59. The van der Waals surface area contributed by atoms with Crippen LogP contribution in [0.5, 0.6) is 0 Å². The first-order valence-corrected chi connectivity index (χ1v) is 7.98. The SMILES string of the molecule is CCC1(C)S(=O)(=O)CC(CCl)S1(=O)=O. The minimum absolute atomic E-state index is 0.0745. The maximum Gasteiger partial charge on any atom is 0.175 e. The fourth-order valence-corrected chi connectivity index (χ4v) is 8.28. The first-order chi connectivity index (χ1) is 6.23. The van der Waals surface area contributed by atoms with Crippen molar-refractivity contribution in [2.75, 3.05) is 11.6 Å². The molecule has 0 N–H and O–H groups in total. The van der Waals surface area contributed by atoms with Crippen LogP contribution in [-0.4, -0.2) is 37.8 Å². The van der Waals surface area contributed by atoms with E-state index >= 15 is 0 Å². The molecule has 84 valence electrons. The highest BCUT2D eigenvalue weighted by atomic mass is 35.5. The molecule has 14 heavy (non-hydrogen) atoms. The van der Waals surface area contributed by atoms with Crippen molar-refractivity contribution in [1.82, 2.24) is 0 Å². The van der Waals surface area contributed by atoms with Crippen LogP contribution in [0.15, 0.2) is 0 Å². The van der Waals surface area contributed by atoms with Gasteiger partial charge in [-0.3, -0.25) is 0 Å². The number of hydrogen-bond donors (Lipinski definition) is 0. The molecule has 2 unspecified atom stereocenters. The molecule has 1 aliphatic rings. The van der Waals surface area contributed by atoms with Crippen LogP contribution in [0.1, 0.15) is 20.3 Å². The van der Waals surface area contributed by atoms with Gasteiger partial charge in [-0.1, -0.05) is 6.92 Å². The van der Waals surface area contributed by atoms with Crippen LogP contribution in [0, 0.1) is 0 Å². The monoisotopic (exact) mass is 260 g/mol. The molecule has 0 saturated carbocycles. The van der Waals surface area contributed by atoms with Gasteiger partial charge in [-0.2, -0.15) is 0 Å². The molecular weight excluding hydrogens is 248 g/mol. The smallest absolute Gasteiger partial charge is 0.175 e. The molecule has 0 aromatic heterocycles. The fraction of sp³-hybridized carbons (Fsp3) is 1.00. The molecule has 0 aliphatic carbocycles. The lowest BCUT2D eigenvalue weighted by molar-refractivity contribution is 0.553. The average molecular weight is 261 g/mol. The standard InChI is InChI=1S/C7H13ClO4S2/c1-3-7(2)13(9,10)5-6(4-8)14(7,11)12/h6H,3-5H2,1-2H3. The van der Waals surface area contributed by atoms with Gasteiger partial charge in [-0.15, -0.1) is 11.6 Å². The summed E-state index contributed by atoms with van der Waals surface area (Å²) in [6.45, 7) is 2.83. The predicted octanol–water partition coefficient (Wildman–Crippen LogP) is 0.563. The van der Waals surface area contributed by atoms with Crippen LogP contribution in [0.25, 0.3) is 0 Å². The first-order valence-electron chi connectivity index (χ1n) is 4.24. The first kappa shape index (κ1) is 12.3. The van der Waals surface area contributed by atoms with Crippen LogP contribution in [0.2, 0.25) is 0 Å². The van der Waals surface area contributed by atoms with Crippen molar-refractivity contribution >= 4 is 31.3 Å². The second kappa shape index (κ2) is 3.35. The van der Waals surface area contributed by atoms with E-state index in [0.29, 0.717) is 0 Å². The lowest BCUT2D eigenvalue weighted by Gasteiger charge is -2.20. The number of rotatable bonds is 2. The number of sulfone groups is 2. The minimum Gasteiger partial charge on any atom is -0.227 e. The zero-order chi connectivity index (χ0) is 11.2. The maximum atomic E-state index is 11.8. The summed E-state index contributed by atoms with van der Waals surface area (Å²) in [4.78, 5) is 0. The van der Waals surface area contributed by atoms with Crippen LogP contribution in [-0.2, 0) is 19.7 Å². The Balaban J connectivity index is 3.44. The van der Waals surface area contributed by atoms with Gasteiger partial charge in [0.25, 0.3) is 0 Å². The number of hydrogen-bond acceptors (Lipinski definition) is 4. The van der Waals surface area contributed by atoms with E-state index in [9.17, 15) is 16.8 Å². The van der Waals surface area contributed by atoms with E-state index in [-0.39, 0.29) is 18.1 Å². The van der Waals surface area contributed by atoms with E-state index in [1.807, 2.05) is 0 Å². The molecule has 1 rings (SSSR count). The van der Waals surface area contributed by atoms with Gasteiger partial charge in [-0.05, 0) is 13.3 Å². The Morgan fingerprint density at radius 3 is 2.07 bits per heavy atom. The van der Waals surface area contributed by atoms with Crippen LogP contribution < -0.4 is 0 Å². The maximum absolute atomic E-state index is 11.8. The van der Waals surface area contributed by atoms with Crippen molar-refractivity contribution in [1.29, 1.82) is 0 Å². The number of alkyl halides is 1. The van der Waals surface area contributed by atoms with E-state index in [4.69, 9.17) is 11.6 Å². The van der Waals surface area contributed by atoms with Crippen LogP contribution in [0.4, 0.5) is 0 Å². The van der Waals surface area contributed by atoms with Crippen LogP contribution in [0.3, 0.4) is 0 Å². The summed E-state index contributed by atoms with van der Waals surface area (Å²) < 4.78 is 45.3. The van der Waals surface area contributed by atoms with Gasteiger partial charge in [0.15, 0.2) is 23.8 Å². The van der Waals surface area contributed by atoms with E-state index in [1.165, 1.54) is 6.92 Å². The Morgan fingerprint density at radius 1 is 1.36 bits per heavy atom. The summed E-state index contributed by atoms with van der Waals surface area (Å²) in [5, 5.41) is -0.945. The molecule has 2 atom stereocenters. The Bertz CT molecular complexity index is 425. The van der Waals surface area contributed by atoms with Crippen molar-refractivity contribution in [3.8, 4) is 0 Å². The lowest BCUT2D eigenvalue weighted by atomic mass is 10.4. The second-order valence-corrected chi connectivity index (χ2v) is 9.28. The Kier molecular flexibility index (Phi) is 2.93. The summed E-state index contributed by atoms with van der Waals surface area (Å²) in [7, 11) is -7.23. The molecule has 0 spiro atoms. The third-order valence-corrected chi connectivity index (χ3v) is 10.3. The molecule has 7 heteroatoms. The Morgan fingerprint density at radius 2 is 1.86 bits per heavy atom. The molecule has 0 aromatic rings. The summed E-state index contributed by atoms with van der Waals surface area (Å²) in [6, 6.07) is 0. The highest BCUT2D eigenvalue weighted by Crippen LogP contribution is 2.39. The van der Waals surface area contributed by atoms with Gasteiger partial charge in [0, 0.05) is 5.88 Å². The Hall–Kier alpha value is 0.190. The van der Waals surface area contributed by atoms with Crippen LogP contribution >= 0.6 is 11.6 Å². The van der Waals surface area contributed by atoms with Gasteiger partial charge >= 0.3 is 0 Å². The third-order valence-electron chi connectivity index (χ3n) is 2.92. The predicted molar refractivity (Wildman–Crippen MR) is 55.9 cm³/mol. The normalized spacial score (nSPS) is 39.8. The molecule has 0 aromatic carbocycles. The summed E-state index contributed by atoms with van der Waals surface area (Å²) in [5.41, 5.74) is 0. The molecule has 1 fully saturated rings. The van der Waals surface area contributed by atoms with Crippen molar-refractivity contribution in [3.63, 3.8) is 0 Å². The third kappa shape index (κ3) is 1.31. The van der Waals surface area contributed by atoms with Gasteiger partial charge in [0.05, 0.1) is 11.0 Å². The highest BCUT2D eigenvalue weighted by molar-refractivity contribution is 8.13. The quantitative estimate of drug-likeness (QED) is 0.681. The summed E-state index contributed by atoms with van der Waals surface area (Å²) >= 11 is 5.46. The van der Waals surface area contributed by atoms with Crippen molar-refractivity contribution in [2.24, 2.45) is 0 Å². The molecule has 0 amide bonds. The molecule has 1 aliphatic heterocycles. The average Bonchev–Trinajstić information content (AvgIpc) is 2.23. The van der Waals surface area contributed by atoms with E-state index in [0.717, 1.165) is 0 Å². The van der Waals surface area contributed by atoms with Crippen molar-refractivity contribution in [3.05, 3.63) is 0 Å².